The fraction of sp³-hybridized carbons (Fsp3) is 0.400. The van der Waals surface area contributed by atoms with Gasteiger partial charge in [-0.1, -0.05) is 18.5 Å². The quantitative estimate of drug-likeness (QED) is 0.227. The zero-order valence-corrected chi connectivity index (χ0v) is 12.1. The van der Waals surface area contributed by atoms with Crippen LogP contribution in [0.1, 0.15) is 23.8 Å². The van der Waals surface area contributed by atoms with E-state index in [9.17, 15) is 9.59 Å². The van der Waals surface area contributed by atoms with E-state index in [0.717, 1.165) is 6.42 Å². The van der Waals surface area contributed by atoms with E-state index in [1.807, 2.05) is 6.92 Å². The van der Waals surface area contributed by atoms with Crippen molar-refractivity contribution in [2.24, 2.45) is 0 Å². The lowest BCUT2D eigenvalue weighted by molar-refractivity contribution is 0.0944. The highest BCUT2D eigenvalue weighted by molar-refractivity contribution is 6.31. The van der Waals surface area contributed by atoms with Crippen LogP contribution in [0.2, 0.25) is 5.15 Å². The van der Waals surface area contributed by atoms with Gasteiger partial charge in [-0.2, -0.15) is 0 Å². The number of amides is 3. The van der Waals surface area contributed by atoms with E-state index in [1.165, 1.54) is 0 Å². The van der Waals surface area contributed by atoms with Gasteiger partial charge in [0, 0.05) is 6.54 Å². The number of carbonyl (C=O) groups is 2. The molecule has 21 heavy (non-hydrogen) atoms. The van der Waals surface area contributed by atoms with Crippen LogP contribution in [0, 0.1) is 0 Å². The molecule has 1 aromatic rings. The van der Waals surface area contributed by atoms with Crippen molar-refractivity contribution in [1.29, 1.82) is 0 Å². The predicted molar refractivity (Wildman–Crippen MR) is 78.2 cm³/mol. The Morgan fingerprint density at radius 2 is 1.90 bits per heavy atom. The van der Waals surface area contributed by atoms with Crippen LogP contribution in [-0.2, 0) is 0 Å². The van der Waals surface area contributed by atoms with Gasteiger partial charge in [-0.25, -0.2) is 20.2 Å². The summed E-state index contributed by atoms with van der Waals surface area (Å²) >= 11 is 5.67. The predicted octanol–water partition coefficient (Wildman–Crippen LogP) is -0.804. The maximum absolute atomic E-state index is 11.8. The smallest absolute Gasteiger partial charge is 0.329 e. The molecular formula is C10H17ClN8O2. The monoisotopic (exact) mass is 316 g/mol. The highest BCUT2D eigenvalue weighted by atomic mass is 35.5. The van der Waals surface area contributed by atoms with Crippen LogP contribution in [0.15, 0.2) is 0 Å². The van der Waals surface area contributed by atoms with Crippen LogP contribution in [-0.4, -0.2) is 35.1 Å². The van der Waals surface area contributed by atoms with Crippen molar-refractivity contribution in [2.45, 2.75) is 13.3 Å². The molecule has 0 fully saturated rings. The van der Waals surface area contributed by atoms with Crippen LogP contribution < -0.4 is 33.0 Å². The molecule has 0 unspecified atom stereocenters. The summed E-state index contributed by atoms with van der Waals surface area (Å²) in [6, 6.07) is -0.402. The Morgan fingerprint density at radius 1 is 1.19 bits per heavy atom. The second kappa shape index (κ2) is 8.07. The molecular weight excluding hydrogens is 300 g/mol. The SMILES string of the molecule is CCCNC(=O)NNCNC(=O)c1nc(Cl)c(N)nc1N. The standard InChI is InChI=1S/C10H17ClN8O2/c1-2-3-14-10(21)19-16-4-15-9(20)5-7(12)18-8(13)6(11)17-5/h16H,2-4H2,1H3,(H,15,20)(H4,12,13,18)(H2,14,19,21). The molecule has 0 aliphatic carbocycles. The molecule has 0 bridgehead atoms. The van der Waals surface area contributed by atoms with Gasteiger partial charge in [0.25, 0.3) is 5.91 Å². The minimum atomic E-state index is -0.606. The molecule has 116 valence electrons. The molecule has 0 spiro atoms. The van der Waals surface area contributed by atoms with Crippen molar-refractivity contribution in [3.8, 4) is 0 Å². The van der Waals surface area contributed by atoms with Crippen LogP contribution in [0.3, 0.4) is 0 Å². The Bertz CT molecular complexity index is 524. The molecule has 0 aliphatic rings. The van der Waals surface area contributed by atoms with E-state index < -0.39 is 11.9 Å². The van der Waals surface area contributed by atoms with Crippen LogP contribution >= 0.6 is 11.6 Å². The first-order valence-electron chi connectivity index (χ1n) is 6.09. The van der Waals surface area contributed by atoms with Crippen LogP contribution in [0.25, 0.3) is 0 Å². The van der Waals surface area contributed by atoms with Gasteiger partial charge in [0.2, 0.25) is 0 Å². The molecule has 0 aliphatic heterocycles. The number of urea groups is 1. The van der Waals surface area contributed by atoms with E-state index in [1.54, 1.807) is 0 Å². The number of nitrogens with two attached hydrogens (primary N) is 2. The Hall–Kier alpha value is -2.33. The lowest BCUT2D eigenvalue weighted by atomic mass is 10.4. The highest BCUT2D eigenvalue weighted by Gasteiger charge is 2.15. The lowest BCUT2D eigenvalue weighted by Gasteiger charge is -2.10. The Morgan fingerprint density at radius 3 is 2.57 bits per heavy atom. The molecule has 0 saturated heterocycles. The summed E-state index contributed by atoms with van der Waals surface area (Å²) in [5.74, 6) is -0.800. The summed E-state index contributed by atoms with van der Waals surface area (Å²) in [5, 5.41) is 4.89. The number of hydrogen-bond donors (Lipinski definition) is 6. The van der Waals surface area contributed by atoms with Crippen molar-refractivity contribution >= 4 is 35.2 Å². The molecule has 11 heteroatoms. The van der Waals surface area contributed by atoms with Crippen LogP contribution in [0.4, 0.5) is 16.4 Å². The number of rotatable bonds is 6. The third-order valence-electron chi connectivity index (χ3n) is 2.19. The first kappa shape index (κ1) is 16.7. The number of carbonyl (C=O) groups excluding carboxylic acids is 2. The van der Waals surface area contributed by atoms with Gasteiger partial charge in [0.1, 0.15) is 0 Å². The molecule has 8 N–H and O–H groups in total. The first-order chi connectivity index (χ1) is 9.95. The number of nitrogens with zero attached hydrogens (tertiary/aromatic N) is 2. The zero-order valence-electron chi connectivity index (χ0n) is 11.4. The number of hydrazine groups is 1. The van der Waals surface area contributed by atoms with Gasteiger partial charge in [0.05, 0.1) is 6.67 Å². The van der Waals surface area contributed by atoms with Gasteiger partial charge in [0.15, 0.2) is 22.5 Å². The first-order valence-corrected chi connectivity index (χ1v) is 6.46. The topological polar surface area (TPSA) is 160 Å². The van der Waals surface area contributed by atoms with E-state index in [4.69, 9.17) is 23.1 Å². The second-order valence-corrected chi connectivity index (χ2v) is 4.23. The summed E-state index contributed by atoms with van der Waals surface area (Å²) in [7, 11) is 0. The normalized spacial score (nSPS) is 10.0. The molecule has 1 rings (SSSR count). The molecule has 0 radical (unpaired) electrons. The van der Waals surface area contributed by atoms with Gasteiger partial charge < -0.3 is 22.1 Å². The summed E-state index contributed by atoms with van der Waals surface area (Å²) in [6.07, 6.45) is 0.819. The Kier molecular flexibility index (Phi) is 6.43. The number of hydrogen-bond acceptors (Lipinski definition) is 7. The number of aromatic nitrogens is 2. The molecule has 0 saturated carbocycles. The summed E-state index contributed by atoms with van der Waals surface area (Å²) in [6.45, 7) is 2.44. The van der Waals surface area contributed by atoms with Crippen molar-refractivity contribution in [2.75, 3.05) is 24.7 Å². The van der Waals surface area contributed by atoms with Gasteiger partial charge >= 0.3 is 6.03 Å². The second-order valence-electron chi connectivity index (χ2n) is 3.87. The third-order valence-corrected chi connectivity index (χ3v) is 2.47. The fourth-order valence-electron chi connectivity index (χ4n) is 1.22. The maximum Gasteiger partial charge on any atom is 0.329 e. The van der Waals surface area contributed by atoms with Crippen molar-refractivity contribution < 1.29 is 9.59 Å². The summed E-state index contributed by atoms with van der Waals surface area (Å²) < 4.78 is 0. The summed E-state index contributed by atoms with van der Waals surface area (Å²) in [5.41, 5.74) is 15.6. The number of halogens is 1. The molecule has 1 aromatic heterocycles. The van der Waals surface area contributed by atoms with E-state index in [-0.39, 0.29) is 29.2 Å². The van der Waals surface area contributed by atoms with Crippen molar-refractivity contribution in [3.63, 3.8) is 0 Å². The number of nitrogen functional groups attached to an aromatic ring is 2. The van der Waals surface area contributed by atoms with Gasteiger partial charge in [-0.15, -0.1) is 0 Å². The largest absolute Gasteiger partial charge is 0.382 e. The van der Waals surface area contributed by atoms with Gasteiger partial charge in [-0.3, -0.25) is 10.2 Å². The van der Waals surface area contributed by atoms with E-state index in [2.05, 4.69) is 31.5 Å². The Balaban J connectivity index is 2.41. The van der Waals surface area contributed by atoms with Crippen molar-refractivity contribution in [1.82, 2.24) is 31.5 Å². The summed E-state index contributed by atoms with van der Waals surface area (Å²) in [4.78, 5) is 30.4. The minimum absolute atomic E-state index is 0.0402. The van der Waals surface area contributed by atoms with E-state index >= 15 is 0 Å². The fourth-order valence-corrected chi connectivity index (χ4v) is 1.35. The minimum Gasteiger partial charge on any atom is -0.382 e. The average Bonchev–Trinajstić information content (AvgIpc) is 2.45. The third kappa shape index (κ3) is 5.28. The average molecular weight is 317 g/mol. The van der Waals surface area contributed by atoms with Crippen LogP contribution in [0.5, 0.6) is 0 Å². The van der Waals surface area contributed by atoms with Crippen molar-refractivity contribution in [3.05, 3.63) is 10.8 Å². The molecule has 3 amide bonds. The lowest BCUT2D eigenvalue weighted by Crippen LogP contribution is -2.48. The highest BCUT2D eigenvalue weighted by Crippen LogP contribution is 2.16. The molecule has 0 atom stereocenters. The number of nitrogens with one attached hydrogen (secondary N) is 4. The molecule has 1 heterocycles. The van der Waals surface area contributed by atoms with E-state index in [0.29, 0.717) is 6.54 Å². The maximum atomic E-state index is 11.8. The van der Waals surface area contributed by atoms with Gasteiger partial charge in [-0.05, 0) is 6.42 Å². The number of anilines is 2. The molecule has 10 nitrogen and oxygen atoms in total. The zero-order chi connectivity index (χ0) is 15.8. The Labute approximate surface area is 126 Å². The molecule has 0 aromatic carbocycles.